The first-order chi connectivity index (χ1) is 12.0. The third kappa shape index (κ3) is 4.35. The molecule has 3 nitrogen and oxygen atoms in total. The van der Waals surface area contributed by atoms with Crippen molar-refractivity contribution < 1.29 is 14.2 Å². The van der Waals surface area contributed by atoms with Crippen LogP contribution in [0.15, 0.2) is 60.7 Å². The fraction of sp³-hybridized carbons (Fsp3) is 0.238. The van der Waals surface area contributed by atoms with Gasteiger partial charge in [-0.15, -0.1) is 0 Å². The average Bonchev–Trinajstić information content (AvgIpc) is 2.61. The predicted molar refractivity (Wildman–Crippen MR) is 98.2 cm³/mol. The van der Waals surface area contributed by atoms with Crippen molar-refractivity contribution in [1.29, 1.82) is 0 Å². The van der Waals surface area contributed by atoms with Gasteiger partial charge in [0.25, 0.3) is 0 Å². The molecule has 0 saturated carbocycles. The van der Waals surface area contributed by atoms with E-state index in [1.807, 2.05) is 25.2 Å². The molecule has 0 bridgehead atoms. The third-order valence-electron chi connectivity index (χ3n) is 4.30. The van der Waals surface area contributed by atoms with Crippen LogP contribution in [0.5, 0.6) is 5.75 Å². The lowest BCUT2D eigenvalue weighted by atomic mass is 10.1. The molecule has 0 saturated heterocycles. The van der Waals surface area contributed by atoms with E-state index in [-0.39, 0.29) is 5.82 Å². The molecule has 1 N–H and O–H groups in total. The quantitative estimate of drug-likeness (QED) is 0.732. The number of ether oxygens (including phenoxy) is 1. The van der Waals surface area contributed by atoms with E-state index in [0.717, 1.165) is 28.6 Å². The van der Waals surface area contributed by atoms with Crippen LogP contribution in [0.1, 0.15) is 17.2 Å². The molecule has 3 rings (SSSR count). The number of hydrogen-bond acceptors (Lipinski definition) is 3. The SMILES string of the molecule is COc1ccc2cc(CN(C)C[C@H](O)c3ccc(F)cc3)ccc2c1. The van der Waals surface area contributed by atoms with E-state index in [0.29, 0.717) is 6.54 Å². The number of aliphatic hydroxyl groups is 1. The average molecular weight is 339 g/mol. The summed E-state index contributed by atoms with van der Waals surface area (Å²) in [5.41, 5.74) is 1.89. The maximum Gasteiger partial charge on any atom is 0.123 e. The monoisotopic (exact) mass is 339 g/mol. The van der Waals surface area contributed by atoms with Gasteiger partial charge >= 0.3 is 0 Å². The van der Waals surface area contributed by atoms with Crippen molar-refractivity contribution in [1.82, 2.24) is 4.90 Å². The van der Waals surface area contributed by atoms with Crippen LogP contribution in [-0.2, 0) is 6.54 Å². The van der Waals surface area contributed by atoms with E-state index in [9.17, 15) is 9.50 Å². The zero-order valence-electron chi connectivity index (χ0n) is 14.4. The second-order valence-electron chi connectivity index (χ2n) is 6.31. The van der Waals surface area contributed by atoms with Gasteiger partial charge in [0.05, 0.1) is 13.2 Å². The summed E-state index contributed by atoms with van der Waals surface area (Å²) < 4.78 is 18.2. The van der Waals surface area contributed by atoms with Crippen molar-refractivity contribution in [2.24, 2.45) is 0 Å². The van der Waals surface area contributed by atoms with Crippen LogP contribution in [0.3, 0.4) is 0 Å². The Bertz CT molecular complexity index is 848. The first-order valence-corrected chi connectivity index (χ1v) is 8.24. The molecule has 0 aliphatic rings. The van der Waals surface area contributed by atoms with Crippen LogP contribution >= 0.6 is 0 Å². The normalized spacial score (nSPS) is 12.5. The molecule has 0 aromatic heterocycles. The highest BCUT2D eigenvalue weighted by Gasteiger charge is 2.11. The highest BCUT2D eigenvalue weighted by atomic mass is 19.1. The summed E-state index contributed by atoms with van der Waals surface area (Å²) in [5.74, 6) is 0.553. The third-order valence-corrected chi connectivity index (χ3v) is 4.30. The summed E-state index contributed by atoms with van der Waals surface area (Å²) in [7, 11) is 3.63. The lowest BCUT2D eigenvalue weighted by Gasteiger charge is -2.21. The first kappa shape index (κ1) is 17.4. The van der Waals surface area contributed by atoms with Crippen LogP contribution in [0.25, 0.3) is 10.8 Å². The van der Waals surface area contributed by atoms with Crippen LogP contribution in [0, 0.1) is 5.82 Å². The predicted octanol–water partition coefficient (Wildman–Crippen LogP) is 4.15. The lowest BCUT2D eigenvalue weighted by molar-refractivity contribution is 0.124. The molecule has 3 aromatic rings. The Morgan fingerprint density at radius 3 is 2.40 bits per heavy atom. The summed E-state index contributed by atoms with van der Waals surface area (Å²) in [6.45, 7) is 1.20. The minimum Gasteiger partial charge on any atom is -0.497 e. The summed E-state index contributed by atoms with van der Waals surface area (Å²) in [4.78, 5) is 2.05. The molecule has 0 spiro atoms. The molecule has 0 fully saturated rings. The van der Waals surface area contributed by atoms with Gasteiger partial charge in [-0.05, 0) is 59.3 Å². The first-order valence-electron chi connectivity index (χ1n) is 8.24. The van der Waals surface area contributed by atoms with Crippen molar-refractivity contribution in [2.75, 3.05) is 20.7 Å². The zero-order valence-corrected chi connectivity index (χ0v) is 14.4. The number of aliphatic hydroxyl groups excluding tert-OH is 1. The van der Waals surface area contributed by atoms with Gasteiger partial charge < -0.3 is 9.84 Å². The molecule has 0 heterocycles. The lowest BCUT2D eigenvalue weighted by Crippen LogP contribution is -2.24. The summed E-state index contributed by atoms with van der Waals surface area (Å²) in [6.07, 6.45) is -0.643. The number of benzene rings is 3. The Balaban J connectivity index is 1.66. The van der Waals surface area contributed by atoms with Crippen molar-refractivity contribution in [3.8, 4) is 5.75 Å². The molecule has 0 amide bonds. The molecule has 0 aliphatic heterocycles. The molecule has 130 valence electrons. The van der Waals surface area contributed by atoms with E-state index in [2.05, 4.69) is 23.1 Å². The Morgan fingerprint density at radius 2 is 1.68 bits per heavy atom. The van der Waals surface area contributed by atoms with Crippen molar-refractivity contribution in [3.05, 3.63) is 77.6 Å². The number of fused-ring (bicyclic) bond motifs is 1. The molecule has 4 heteroatoms. The van der Waals surface area contributed by atoms with Gasteiger partial charge in [-0.1, -0.05) is 30.3 Å². The van der Waals surface area contributed by atoms with E-state index >= 15 is 0 Å². The molecule has 0 aliphatic carbocycles. The topological polar surface area (TPSA) is 32.7 Å². The highest BCUT2D eigenvalue weighted by Crippen LogP contribution is 2.23. The second-order valence-corrected chi connectivity index (χ2v) is 6.31. The van der Waals surface area contributed by atoms with Gasteiger partial charge in [-0.25, -0.2) is 4.39 Å². The fourth-order valence-electron chi connectivity index (χ4n) is 2.96. The summed E-state index contributed by atoms with van der Waals surface area (Å²) in [6, 6.07) is 18.3. The number of methoxy groups -OCH3 is 1. The molecule has 1 atom stereocenters. The Labute approximate surface area is 147 Å². The van der Waals surface area contributed by atoms with Gasteiger partial charge in [-0.2, -0.15) is 0 Å². The van der Waals surface area contributed by atoms with Crippen LogP contribution < -0.4 is 4.74 Å². The Morgan fingerprint density at radius 1 is 1.00 bits per heavy atom. The van der Waals surface area contributed by atoms with Crippen molar-refractivity contribution in [3.63, 3.8) is 0 Å². The van der Waals surface area contributed by atoms with E-state index in [1.165, 1.54) is 17.7 Å². The van der Waals surface area contributed by atoms with E-state index in [1.54, 1.807) is 19.2 Å². The van der Waals surface area contributed by atoms with Gasteiger partial charge in [-0.3, -0.25) is 4.90 Å². The Hall–Kier alpha value is -2.43. The van der Waals surface area contributed by atoms with Crippen LogP contribution in [0.2, 0.25) is 0 Å². The molecule has 25 heavy (non-hydrogen) atoms. The van der Waals surface area contributed by atoms with Crippen molar-refractivity contribution >= 4 is 10.8 Å². The van der Waals surface area contributed by atoms with Crippen molar-refractivity contribution in [2.45, 2.75) is 12.6 Å². The molecular weight excluding hydrogens is 317 g/mol. The number of nitrogens with zero attached hydrogens (tertiary/aromatic N) is 1. The second kappa shape index (κ2) is 7.64. The number of rotatable bonds is 6. The number of likely N-dealkylation sites (N-methyl/N-ethyl adjacent to an activating group) is 1. The Kier molecular flexibility index (Phi) is 5.31. The maximum atomic E-state index is 13.0. The molecule has 0 unspecified atom stereocenters. The van der Waals surface area contributed by atoms with E-state index in [4.69, 9.17) is 4.74 Å². The number of halogens is 1. The zero-order chi connectivity index (χ0) is 17.8. The fourth-order valence-corrected chi connectivity index (χ4v) is 2.96. The van der Waals surface area contributed by atoms with Crippen LogP contribution in [0.4, 0.5) is 4.39 Å². The summed E-state index contributed by atoms with van der Waals surface area (Å²) >= 11 is 0. The maximum absolute atomic E-state index is 13.0. The van der Waals surface area contributed by atoms with Gasteiger partial charge in [0, 0.05) is 13.1 Å². The smallest absolute Gasteiger partial charge is 0.123 e. The standard InChI is InChI=1S/C21H22FNO2/c1-23(14-21(24)16-5-8-19(22)9-6-16)13-15-3-4-18-12-20(25-2)10-7-17(18)11-15/h3-12,21,24H,13-14H2,1-2H3/t21-/m0/s1. The summed E-state index contributed by atoms with van der Waals surface area (Å²) in [5, 5.41) is 12.6. The van der Waals surface area contributed by atoms with Gasteiger partial charge in [0.2, 0.25) is 0 Å². The number of hydrogen-bond donors (Lipinski definition) is 1. The van der Waals surface area contributed by atoms with Gasteiger partial charge in [0.15, 0.2) is 0 Å². The molecule has 0 radical (unpaired) electrons. The minimum atomic E-state index is -0.643. The van der Waals surface area contributed by atoms with Crippen LogP contribution in [-0.4, -0.2) is 30.7 Å². The minimum absolute atomic E-state index is 0.294. The highest BCUT2D eigenvalue weighted by molar-refractivity contribution is 5.84. The van der Waals surface area contributed by atoms with Gasteiger partial charge in [0.1, 0.15) is 11.6 Å². The molecular formula is C21H22FNO2. The molecule has 3 aromatic carbocycles. The van der Waals surface area contributed by atoms with E-state index < -0.39 is 6.10 Å². The largest absolute Gasteiger partial charge is 0.497 e.